The van der Waals surface area contributed by atoms with E-state index in [0.29, 0.717) is 17.8 Å². The van der Waals surface area contributed by atoms with E-state index in [2.05, 4.69) is 26.0 Å². The number of rotatable bonds is 4. The van der Waals surface area contributed by atoms with Gasteiger partial charge in [0.05, 0.1) is 18.4 Å². The lowest BCUT2D eigenvalue weighted by molar-refractivity contribution is 0.0600. The van der Waals surface area contributed by atoms with Crippen LogP contribution in [0.3, 0.4) is 0 Å². The molecule has 0 spiro atoms. The highest BCUT2D eigenvalue weighted by molar-refractivity contribution is 9.10. The molecule has 0 bridgehead atoms. The van der Waals surface area contributed by atoms with Crippen molar-refractivity contribution in [2.45, 2.75) is 13.5 Å². The van der Waals surface area contributed by atoms with Gasteiger partial charge in [-0.3, -0.25) is 0 Å². The van der Waals surface area contributed by atoms with E-state index in [9.17, 15) is 9.18 Å². The number of methoxy groups -OCH3 is 1. The molecule has 0 radical (unpaired) electrons. The van der Waals surface area contributed by atoms with Crippen LogP contribution >= 0.6 is 15.9 Å². The van der Waals surface area contributed by atoms with Crippen molar-refractivity contribution in [1.82, 2.24) is 0 Å². The molecule has 2 rings (SSSR count). The normalized spacial score (nSPS) is 10.3. The molecule has 3 nitrogen and oxygen atoms in total. The number of esters is 1. The van der Waals surface area contributed by atoms with Crippen molar-refractivity contribution in [3.8, 4) is 0 Å². The Labute approximate surface area is 131 Å². The number of hydrogen-bond donors (Lipinski definition) is 1. The molecule has 0 unspecified atom stereocenters. The number of nitrogens with one attached hydrogen (secondary N) is 1. The van der Waals surface area contributed by atoms with Gasteiger partial charge in [-0.15, -0.1) is 0 Å². The fourth-order valence-corrected chi connectivity index (χ4v) is 2.49. The third-order valence-electron chi connectivity index (χ3n) is 3.15. The maximum absolute atomic E-state index is 13.7. The lowest BCUT2D eigenvalue weighted by atomic mass is 10.1. The second kappa shape index (κ2) is 6.72. The first-order valence-corrected chi connectivity index (χ1v) is 7.18. The Bertz CT molecular complexity index is 653. The van der Waals surface area contributed by atoms with Gasteiger partial charge >= 0.3 is 5.97 Å². The van der Waals surface area contributed by atoms with Crippen molar-refractivity contribution in [3.63, 3.8) is 0 Å². The van der Waals surface area contributed by atoms with Gasteiger partial charge in [-0.25, -0.2) is 9.18 Å². The Balaban J connectivity index is 2.16. The lowest BCUT2D eigenvalue weighted by Crippen LogP contribution is -2.06. The van der Waals surface area contributed by atoms with Crippen molar-refractivity contribution < 1.29 is 13.9 Å². The molecule has 0 aromatic heterocycles. The predicted octanol–water partition coefficient (Wildman–Crippen LogP) is 4.30. The highest BCUT2D eigenvalue weighted by atomic mass is 79.9. The second-order valence-electron chi connectivity index (χ2n) is 4.58. The van der Waals surface area contributed by atoms with Gasteiger partial charge in [0.15, 0.2) is 0 Å². The zero-order chi connectivity index (χ0) is 15.4. The Morgan fingerprint density at radius 3 is 2.71 bits per heavy atom. The van der Waals surface area contributed by atoms with Crippen LogP contribution in [0.4, 0.5) is 10.1 Å². The topological polar surface area (TPSA) is 38.3 Å². The molecular weight excluding hydrogens is 337 g/mol. The molecule has 0 aliphatic heterocycles. The van der Waals surface area contributed by atoms with Crippen molar-refractivity contribution in [3.05, 3.63) is 63.4 Å². The zero-order valence-corrected chi connectivity index (χ0v) is 13.3. The quantitative estimate of drug-likeness (QED) is 0.834. The summed E-state index contributed by atoms with van der Waals surface area (Å²) in [5, 5.41) is 3.08. The summed E-state index contributed by atoms with van der Waals surface area (Å²) in [6.45, 7) is 2.30. The van der Waals surface area contributed by atoms with Gasteiger partial charge in [-0.2, -0.15) is 0 Å². The summed E-state index contributed by atoms with van der Waals surface area (Å²) in [5.74, 6) is -0.669. The summed E-state index contributed by atoms with van der Waals surface area (Å²) in [7, 11) is 1.34. The van der Waals surface area contributed by atoms with E-state index >= 15 is 0 Å². The van der Waals surface area contributed by atoms with E-state index in [1.54, 1.807) is 24.3 Å². The van der Waals surface area contributed by atoms with Crippen LogP contribution in [0.15, 0.2) is 40.9 Å². The third kappa shape index (κ3) is 3.61. The number of halogens is 2. The van der Waals surface area contributed by atoms with Crippen LogP contribution in [0.2, 0.25) is 0 Å². The van der Waals surface area contributed by atoms with Gasteiger partial charge in [-0.05, 0) is 36.2 Å². The molecule has 0 heterocycles. The minimum atomic E-state index is -0.389. The number of benzene rings is 2. The molecule has 0 atom stereocenters. The average molecular weight is 352 g/mol. The number of hydrogen-bond acceptors (Lipinski definition) is 3. The first kappa shape index (κ1) is 15.5. The summed E-state index contributed by atoms with van der Waals surface area (Å²) in [4.78, 5) is 11.4. The van der Waals surface area contributed by atoms with E-state index in [0.717, 1.165) is 15.6 Å². The summed E-state index contributed by atoms with van der Waals surface area (Å²) in [6, 6.07) is 10.1. The standard InChI is InChI=1S/C16H15BrFNO2/c1-10-4-3-5-14(18)15(10)19-9-12-7-6-11(8-13(12)17)16(20)21-2/h3-8,19H,9H2,1-2H3. The Morgan fingerprint density at radius 1 is 1.33 bits per heavy atom. The largest absolute Gasteiger partial charge is 0.465 e. The van der Waals surface area contributed by atoms with Crippen LogP contribution in [0.5, 0.6) is 0 Å². The van der Waals surface area contributed by atoms with Crippen molar-refractivity contribution in [1.29, 1.82) is 0 Å². The second-order valence-corrected chi connectivity index (χ2v) is 5.44. The zero-order valence-electron chi connectivity index (χ0n) is 11.7. The van der Waals surface area contributed by atoms with Gasteiger partial charge in [0.1, 0.15) is 5.82 Å². The predicted molar refractivity (Wildman–Crippen MR) is 83.9 cm³/mol. The number of aryl methyl sites for hydroxylation is 1. The summed E-state index contributed by atoms with van der Waals surface area (Å²) < 4.78 is 19.2. The molecule has 0 aliphatic carbocycles. The van der Waals surface area contributed by atoms with Gasteiger partial charge in [0, 0.05) is 11.0 Å². The van der Waals surface area contributed by atoms with Gasteiger partial charge in [0.2, 0.25) is 0 Å². The molecule has 1 N–H and O–H groups in total. The summed E-state index contributed by atoms with van der Waals surface area (Å²) in [5.41, 5.74) is 2.72. The molecule has 0 saturated heterocycles. The first-order valence-electron chi connectivity index (χ1n) is 6.38. The van der Waals surface area contributed by atoms with E-state index in [-0.39, 0.29) is 11.8 Å². The van der Waals surface area contributed by atoms with Crippen LogP contribution in [-0.2, 0) is 11.3 Å². The Morgan fingerprint density at radius 2 is 2.10 bits per heavy atom. The van der Waals surface area contributed by atoms with E-state index < -0.39 is 0 Å². The van der Waals surface area contributed by atoms with Gasteiger partial charge in [0.25, 0.3) is 0 Å². The number of carbonyl (C=O) groups excluding carboxylic acids is 1. The van der Waals surface area contributed by atoms with Crippen LogP contribution in [-0.4, -0.2) is 13.1 Å². The SMILES string of the molecule is COC(=O)c1ccc(CNc2c(C)cccc2F)c(Br)c1. The van der Waals surface area contributed by atoms with Crippen LogP contribution in [0, 0.1) is 12.7 Å². The maximum Gasteiger partial charge on any atom is 0.337 e. The third-order valence-corrected chi connectivity index (χ3v) is 3.89. The van der Waals surface area contributed by atoms with Crippen LogP contribution in [0.25, 0.3) is 0 Å². The van der Waals surface area contributed by atoms with Gasteiger partial charge < -0.3 is 10.1 Å². The fraction of sp³-hybridized carbons (Fsp3) is 0.188. The van der Waals surface area contributed by atoms with Crippen LogP contribution < -0.4 is 5.32 Å². The minimum Gasteiger partial charge on any atom is -0.465 e. The van der Waals surface area contributed by atoms with Crippen molar-refractivity contribution >= 4 is 27.6 Å². The average Bonchev–Trinajstić information content (AvgIpc) is 2.47. The Kier molecular flexibility index (Phi) is 4.96. The molecule has 5 heteroatoms. The van der Waals surface area contributed by atoms with Crippen LogP contribution in [0.1, 0.15) is 21.5 Å². The summed E-state index contributed by atoms with van der Waals surface area (Å²) >= 11 is 3.41. The number of para-hydroxylation sites is 1. The van der Waals surface area contributed by atoms with Crippen molar-refractivity contribution in [2.24, 2.45) is 0 Å². The number of anilines is 1. The summed E-state index contributed by atoms with van der Waals surface area (Å²) in [6.07, 6.45) is 0. The van der Waals surface area contributed by atoms with E-state index in [1.807, 2.05) is 13.0 Å². The Hall–Kier alpha value is -1.88. The van der Waals surface area contributed by atoms with E-state index in [1.165, 1.54) is 13.2 Å². The minimum absolute atomic E-state index is 0.280. The lowest BCUT2D eigenvalue weighted by Gasteiger charge is -2.12. The molecule has 110 valence electrons. The molecule has 21 heavy (non-hydrogen) atoms. The molecular formula is C16H15BrFNO2. The molecule has 0 fully saturated rings. The highest BCUT2D eigenvalue weighted by Gasteiger charge is 2.10. The number of carbonyl (C=O) groups is 1. The fourth-order valence-electron chi connectivity index (χ4n) is 1.97. The molecule has 0 saturated carbocycles. The van der Waals surface area contributed by atoms with Crippen molar-refractivity contribution in [2.75, 3.05) is 12.4 Å². The maximum atomic E-state index is 13.7. The van der Waals surface area contributed by atoms with Gasteiger partial charge in [-0.1, -0.05) is 34.1 Å². The highest BCUT2D eigenvalue weighted by Crippen LogP contribution is 2.23. The monoisotopic (exact) mass is 351 g/mol. The molecule has 0 amide bonds. The first-order chi connectivity index (χ1) is 10.0. The molecule has 2 aromatic rings. The smallest absolute Gasteiger partial charge is 0.337 e. The molecule has 2 aromatic carbocycles. The molecule has 0 aliphatic rings. The number of ether oxygens (including phenoxy) is 1. The van der Waals surface area contributed by atoms with E-state index in [4.69, 9.17) is 0 Å².